The number of nitrogens with one attached hydrogen (secondary N) is 1. The highest BCUT2D eigenvalue weighted by molar-refractivity contribution is 5.75. The number of fused-ring (bicyclic) bond motifs is 2. The van der Waals surface area contributed by atoms with Gasteiger partial charge in [-0.1, -0.05) is 5.21 Å². The van der Waals surface area contributed by atoms with E-state index in [4.69, 9.17) is 18.9 Å². The number of imidazole rings is 1. The molecule has 2 aliphatic heterocycles. The summed E-state index contributed by atoms with van der Waals surface area (Å²) in [7, 11) is 2.86. The maximum atomic E-state index is 12.6. The van der Waals surface area contributed by atoms with E-state index in [0.717, 1.165) is 4.57 Å². The van der Waals surface area contributed by atoms with Gasteiger partial charge < -0.3 is 23.5 Å². The van der Waals surface area contributed by atoms with E-state index in [1.807, 2.05) is 0 Å². The lowest BCUT2D eigenvalue weighted by molar-refractivity contribution is -0.198. The third kappa shape index (κ3) is 5.42. The number of nitrogens with zero attached hydrogens (tertiary/aromatic N) is 8. The molecule has 0 spiro atoms. The lowest BCUT2D eigenvalue weighted by atomic mass is 10.1. The quantitative estimate of drug-likeness (QED) is 0.164. The number of hydrogen-bond donors (Lipinski definition) is 1. The van der Waals surface area contributed by atoms with Crippen LogP contribution in [0.2, 0.25) is 0 Å². The van der Waals surface area contributed by atoms with Gasteiger partial charge in [0.05, 0.1) is 25.2 Å². The van der Waals surface area contributed by atoms with Gasteiger partial charge in [-0.05, 0) is 26.7 Å². The molecule has 2 aliphatic rings. The zero-order valence-electron chi connectivity index (χ0n) is 24.4. The molecule has 0 aliphatic carbocycles. The number of carbonyl (C=O) groups is 1. The molecule has 234 valence electrons. The average molecular weight is 614 g/mol. The first-order valence-corrected chi connectivity index (χ1v) is 13.9. The molecular weight excluding hydrogens is 582 g/mol. The van der Waals surface area contributed by atoms with Crippen LogP contribution in [0.15, 0.2) is 44.0 Å². The summed E-state index contributed by atoms with van der Waals surface area (Å²) in [5, 5.41) is 8.37. The highest BCUT2D eigenvalue weighted by Crippen LogP contribution is 2.42. The summed E-state index contributed by atoms with van der Waals surface area (Å²) in [6.45, 7) is 3.69. The fourth-order valence-corrected chi connectivity index (χ4v) is 5.53. The first-order chi connectivity index (χ1) is 20.9. The minimum Gasteiger partial charge on any atom is -0.464 e. The van der Waals surface area contributed by atoms with Gasteiger partial charge in [0.2, 0.25) is 0 Å². The smallest absolute Gasteiger partial charge is 0.332 e. The largest absolute Gasteiger partial charge is 0.464 e. The molecule has 2 fully saturated rings. The molecule has 0 saturated carbocycles. The Hall–Kier alpha value is -4.68. The molecule has 0 bridgehead atoms. The number of H-pyrrole nitrogens is 1. The van der Waals surface area contributed by atoms with E-state index < -0.39 is 58.8 Å². The SMILES string of the molecule is Cn1c(=O)c2c(ncn2CC(=O)OCCCc2cn(CC3OC(n4ccc(=O)[nH]c4=O)C4OC(C)(C)OC34)nn2)n(C)c1=O. The van der Waals surface area contributed by atoms with E-state index in [0.29, 0.717) is 18.5 Å². The lowest BCUT2D eigenvalue weighted by Crippen LogP contribution is -2.37. The van der Waals surface area contributed by atoms with Gasteiger partial charge in [0.1, 0.15) is 24.9 Å². The molecular formula is C26H31N9O9. The molecule has 6 heterocycles. The third-order valence-electron chi connectivity index (χ3n) is 7.56. The Kier molecular flexibility index (Phi) is 7.42. The highest BCUT2D eigenvalue weighted by Gasteiger charge is 2.56. The van der Waals surface area contributed by atoms with Crippen LogP contribution in [-0.4, -0.2) is 79.9 Å². The van der Waals surface area contributed by atoms with Crippen LogP contribution in [0, 0.1) is 0 Å². The van der Waals surface area contributed by atoms with Gasteiger partial charge in [-0.15, -0.1) is 5.10 Å². The van der Waals surface area contributed by atoms with E-state index in [9.17, 15) is 24.0 Å². The number of aromatic nitrogens is 9. The van der Waals surface area contributed by atoms with E-state index in [1.165, 1.54) is 46.4 Å². The van der Waals surface area contributed by atoms with Crippen molar-refractivity contribution in [3.05, 3.63) is 72.2 Å². The summed E-state index contributed by atoms with van der Waals surface area (Å²) < 4.78 is 30.1. The molecule has 2 saturated heterocycles. The number of carbonyl (C=O) groups excluding carboxylic acids is 1. The summed E-state index contributed by atoms with van der Waals surface area (Å²) in [6.07, 6.45) is 2.95. The van der Waals surface area contributed by atoms with Gasteiger partial charge in [-0.25, -0.2) is 19.3 Å². The molecule has 4 aromatic rings. The van der Waals surface area contributed by atoms with Gasteiger partial charge in [0.25, 0.3) is 11.1 Å². The Bertz CT molecular complexity index is 1960. The van der Waals surface area contributed by atoms with Crippen molar-refractivity contribution >= 4 is 17.1 Å². The van der Waals surface area contributed by atoms with Gasteiger partial charge in [0, 0.05) is 32.6 Å². The van der Waals surface area contributed by atoms with Crippen molar-refractivity contribution in [3.63, 3.8) is 0 Å². The molecule has 4 atom stereocenters. The molecule has 4 unspecified atom stereocenters. The van der Waals surface area contributed by atoms with Crippen molar-refractivity contribution in [1.29, 1.82) is 0 Å². The van der Waals surface area contributed by atoms with Crippen molar-refractivity contribution in [3.8, 4) is 0 Å². The van der Waals surface area contributed by atoms with Crippen LogP contribution in [0.5, 0.6) is 0 Å². The topological polar surface area (TPSA) is 201 Å². The Morgan fingerprint density at radius 2 is 1.89 bits per heavy atom. The van der Waals surface area contributed by atoms with Crippen molar-refractivity contribution in [1.82, 2.24) is 43.2 Å². The van der Waals surface area contributed by atoms with Crippen molar-refractivity contribution in [2.45, 2.75) is 70.1 Å². The average Bonchev–Trinajstić information content (AvgIpc) is 3.73. The Morgan fingerprint density at radius 1 is 1.11 bits per heavy atom. The molecule has 0 amide bonds. The highest BCUT2D eigenvalue weighted by atomic mass is 16.8. The molecule has 0 aromatic carbocycles. The minimum absolute atomic E-state index is 0.111. The summed E-state index contributed by atoms with van der Waals surface area (Å²) in [5.41, 5.74) is -1.21. The van der Waals surface area contributed by atoms with Gasteiger partial charge in [0.15, 0.2) is 23.2 Å². The second-order valence-corrected chi connectivity index (χ2v) is 11.2. The fourth-order valence-electron chi connectivity index (χ4n) is 5.53. The predicted molar refractivity (Wildman–Crippen MR) is 149 cm³/mol. The van der Waals surface area contributed by atoms with E-state index in [-0.39, 0.29) is 30.9 Å². The van der Waals surface area contributed by atoms with Crippen LogP contribution in [0.3, 0.4) is 0 Å². The molecule has 44 heavy (non-hydrogen) atoms. The predicted octanol–water partition coefficient (Wildman–Crippen LogP) is -1.83. The Morgan fingerprint density at radius 3 is 2.66 bits per heavy atom. The van der Waals surface area contributed by atoms with E-state index in [2.05, 4.69) is 20.3 Å². The molecule has 1 N–H and O–H groups in total. The number of ether oxygens (including phenoxy) is 4. The number of rotatable bonds is 9. The van der Waals surface area contributed by atoms with Crippen LogP contribution < -0.4 is 22.5 Å². The minimum atomic E-state index is -0.898. The maximum absolute atomic E-state index is 12.6. The standard InChI is InChI=1S/C26H31N9O9/c1-26(2)43-19-15(42-23(20(19)44-26)35-8-7-16(36)28-24(35)39)11-34-10-14(29-30-34)6-5-9-41-17(37)12-33-13-27-21-18(33)22(38)32(4)25(40)31(21)3/h7-8,10,13,15,19-20,23H,5-6,9,11-12H2,1-4H3,(H,28,36,39). The van der Waals surface area contributed by atoms with Crippen LogP contribution in [0.4, 0.5) is 0 Å². The van der Waals surface area contributed by atoms with Crippen LogP contribution in [0.1, 0.15) is 32.2 Å². The second kappa shape index (κ2) is 11.1. The zero-order chi connectivity index (χ0) is 31.3. The Balaban J connectivity index is 1.04. The monoisotopic (exact) mass is 613 g/mol. The van der Waals surface area contributed by atoms with Crippen LogP contribution >= 0.6 is 0 Å². The summed E-state index contributed by atoms with van der Waals surface area (Å²) in [4.78, 5) is 67.4. The summed E-state index contributed by atoms with van der Waals surface area (Å²) in [5.74, 6) is -1.46. The zero-order valence-corrected chi connectivity index (χ0v) is 24.4. The molecule has 18 nitrogen and oxygen atoms in total. The molecule has 4 aromatic heterocycles. The van der Waals surface area contributed by atoms with Gasteiger partial charge in [-0.2, -0.15) is 0 Å². The summed E-state index contributed by atoms with van der Waals surface area (Å²) in [6, 6.07) is 1.24. The van der Waals surface area contributed by atoms with Crippen molar-refractivity contribution in [2.24, 2.45) is 14.1 Å². The second-order valence-electron chi connectivity index (χ2n) is 11.2. The van der Waals surface area contributed by atoms with Crippen molar-refractivity contribution in [2.75, 3.05) is 6.61 Å². The van der Waals surface area contributed by atoms with E-state index in [1.54, 1.807) is 24.7 Å². The number of esters is 1. The normalized spacial score (nSPS) is 22.5. The van der Waals surface area contributed by atoms with Crippen molar-refractivity contribution < 1.29 is 23.7 Å². The number of hydrogen-bond acceptors (Lipinski definition) is 12. The first kappa shape index (κ1) is 29.4. The maximum Gasteiger partial charge on any atom is 0.332 e. The van der Waals surface area contributed by atoms with Gasteiger partial charge in [-0.3, -0.25) is 33.1 Å². The summed E-state index contributed by atoms with van der Waals surface area (Å²) >= 11 is 0. The number of aryl methyl sites for hydroxylation is 2. The third-order valence-corrected chi connectivity index (χ3v) is 7.56. The lowest BCUT2D eigenvalue weighted by Gasteiger charge is -2.24. The van der Waals surface area contributed by atoms with Crippen LogP contribution in [-0.2, 0) is 57.3 Å². The molecule has 6 rings (SSSR count). The molecule has 0 radical (unpaired) electrons. The number of aromatic amines is 1. The Labute approximate surface area is 247 Å². The fraction of sp³-hybridized carbons (Fsp3) is 0.538. The van der Waals surface area contributed by atoms with Crippen LogP contribution in [0.25, 0.3) is 11.2 Å². The van der Waals surface area contributed by atoms with E-state index >= 15 is 0 Å². The molecule has 18 heteroatoms. The van der Waals surface area contributed by atoms with Gasteiger partial charge >= 0.3 is 17.3 Å². The first-order valence-electron chi connectivity index (χ1n) is 13.9.